The van der Waals surface area contributed by atoms with Crippen molar-refractivity contribution in [2.24, 2.45) is 16.7 Å². The molecule has 3 nitrogen and oxygen atoms in total. The minimum absolute atomic E-state index is 0.156. The van der Waals surface area contributed by atoms with Gasteiger partial charge in [-0.3, -0.25) is 4.79 Å². The van der Waals surface area contributed by atoms with E-state index in [1.54, 1.807) is 13.8 Å². The average molecular weight is 208 g/mol. The number of rotatable bonds is 4. The molecular formula is C12H20N2O. The van der Waals surface area contributed by atoms with Crippen LogP contribution in [0.4, 0.5) is 0 Å². The van der Waals surface area contributed by atoms with Crippen LogP contribution in [0.2, 0.25) is 0 Å². The zero-order valence-electron chi connectivity index (χ0n) is 10.1. The van der Waals surface area contributed by atoms with Crippen LogP contribution in [0.3, 0.4) is 0 Å². The first kappa shape index (κ1) is 12.0. The van der Waals surface area contributed by atoms with Crippen molar-refractivity contribution in [3.05, 3.63) is 0 Å². The molecule has 0 saturated heterocycles. The van der Waals surface area contributed by atoms with Crippen LogP contribution in [-0.4, -0.2) is 12.5 Å². The predicted octanol–water partition coefficient (Wildman–Crippen LogP) is 2.09. The molecule has 1 rings (SSSR count). The fraction of sp³-hybridized carbons (Fsp3) is 0.833. The van der Waals surface area contributed by atoms with Crippen molar-refractivity contribution < 1.29 is 4.79 Å². The molecule has 1 fully saturated rings. The van der Waals surface area contributed by atoms with E-state index < -0.39 is 5.41 Å². The highest BCUT2D eigenvalue weighted by Gasteiger charge is 2.45. The third-order valence-electron chi connectivity index (χ3n) is 3.57. The summed E-state index contributed by atoms with van der Waals surface area (Å²) in [5.41, 5.74) is -0.603. The first-order valence-corrected chi connectivity index (χ1v) is 5.54. The number of hydrogen-bond donors (Lipinski definition) is 1. The van der Waals surface area contributed by atoms with Crippen molar-refractivity contribution in [2.75, 3.05) is 6.54 Å². The van der Waals surface area contributed by atoms with Crippen LogP contribution in [-0.2, 0) is 4.79 Å². The van der Waals surface area contributed by atoms with Crippen LogP contribution in [0.25, 0.3) is 0 Å². The summed E-state index contributed by atoms with van der Waals surface area (Å²) >= 11 is 0. The van der Waals surface area contributed by atoms with Gasteiger partial charge in [-0.2, -0.15) is 5.26 Å². The maximum absolute atomic E-state index is 11.7. The fourth-order valence-electron chi connectivity index (χ4n) is 1.65. The van der Waals surface area contributed by atoms with Crippen LogP contribution >= 0.6 is 0 Å². The SMILES string of the molecule is CC(C)C1(CNC(=O)C(C)(C)C#N)CC1. The van der Waals surface area contributed by atoms with Gasteiger partial charge < -0.3 is 5.32 Å². The molecule has 1 amide bonds. The lowest BCUT2D eigenvalue weighted by molar-refractivity contribution is -0.127. The van der Waals surface area contributed by atoms with Crippen molar-refractivity contribution >= 4 is 5.91 Å². The Labute approximate surface area is 91.9 Å². The highest BCUT2D eigenvalue weighted by Crippen LogP contribution is 2.51. The molecular weight excluding hydrogens is 188 g/mol. The van der Waals surface area contributed by atoms with E-state index in [2.05, 4.69) is 19.2 Å². The highest BCUT2D eigenvalue weighted by molar-refractivity contribution is 5.84. The van der Waals surface area contributed by atoms with E-state index in [0.717, 1.165) is 0 Å². The first-order chi connectivity index (χ1) is 6.84. The second-order valence-corrected chi connectivity index (χ2v) is 5.44. The highest BCUT2D eigenvalue weighted by atomic mass is 16.2. The minimum atomic E-state index is -0.910. The van der Waals surface area contributed by atoms with Gasteiger partial charge in [0, 0.05) is 6.54 Å². The van der Waals surface area contributed by atoms with E-state index in [-0.39, 0.29) is 5.91 Å². The van der Waals surface area contributed by atoms with E-state index >= 15 is 0 Å². The van der Waals surface area contributed by atoms with Gasteiger partial charge in [-0.15, -0.1) is 0 Å². The topological polar surface area (TPSA) is 52.9 Å². The smallest absolute Gasteiger partial charge is 0.239 e. The van der Waals surface area contributed by atoms with Crippen LogP contribution in [0.15, 0.2) is 0 Å². The number of nitrogens with one attached hydrogen (secondary N) is 1. The van der Waals surface area contributed by atoms with Gasteiger partial charge in [0.15, 0.2) is 0 Å². The van der Waals surface area contributed by atoms with Gasteiger partial charge in [-0.25, -0.2) is 0 Å². The van der Waals surface area contributed by atoms with Crippen molar-refractivity contribution in [2.45, 2.75) is 40.5 Å². The number of carbonyl (C=O) groups is 1. The second-order valence-electron chi connectivity index (χ2n) is 5.44. The van der Waals surface area contributed by atoms with Gasteiger partial charge in [0.25, 0.3) is 0 Å². The van der Waals surface area contributed by atoms with Gasteiger partial charge in [0.2, 0.25) is 5.91 Å². The Bertz CT molecular complexity index is 295. The van der Waals surface area contributed by atoms with Crippen LogP contribution < -0.4 is 5.32 Å². The molecule has 0 aromatic heterocycles. The summed E-state index contributed by atoms with van der Waals surface area (Å²) in [5, 5.41) is 11.7. The molecule has 0 spiro atoms. The molecule has 0 aromatic rings. The van der Waals surface area contributed by atoms with Crippen molar-refractivity contribution in [1.82, 2.24) is 5.32 Å². The summed E-state index contributed by atoms with van der Waals surface area (Å²) in [6, 6.07) is 2.01. The summed E-state index contributed by atoms with van der Waals surface area (Å²) < 4.78 is 0. The third kappa shape index (κ3) is 2.50. The lowest BCUT2D eigenvalue weighted by Gasteiger charge is -2.22. The molecule has 0 aliphatic heterocycles. The summed E-state index contributed by atoms with van der Waals surface area (Å²) in [4.78, 5) is 11.7. The lowest BCUT2D eigenvalue weighted by Crippen LogP contribution is -2.40. The van der Waals surface area contributed by atoms with E-state index in [1.165, 1.54) is 12.8 Å². The molecule has 1 aliphatic rings. The van der Waals surface area contributed by atoms with Crippen molar-refractivity contribution in [1.29, 1.82) is 5.26 Å². The van der Waals surface area contributed by atoms with Crippen molar-refractivity contribution in [3.8, 4) is 6.07 Å². The molecule has 1 aliphatic carbocycles. The molecule has 84 valence electrons. The number of hydrogen-bond acceptors (Lipinski definition) is 2. The van der Waals surface area contributed by atoms with E-state index in [4.69, 9.17) is 5.26 Å². The van der Waals surface area contributed by atoms with Crippen molar-refractivity contribution in [3.63, 3.8) is 0 Å². The Hall–Kier alpha value is -1.04. The fourth-order valence-corrected chi connectivity index (χ4v) is 1.65. The Balaban J connectivity index is 2.46. The molecule has 3 heteroatoms. The maximum Gasteiger partial charge on any atom is 0.239 e. The lowest BCUT2D eigenvalue weighted by atomic mass is 9.90. The molecule has 0 aromatic carbocycles. The molecule has 0 radical (unpaired) electrons. The first-order valence-electron chi connectivity index (χ1n) is 5.54. The molecule has 1 saturated carbocycles. The normalized spacial score (nSPS) is 18.4. The number of nitrogens with zero attached hydrogens (tertiary/aromatic N) is 1. The van der Waals surface area contributed by atoms with E-state index in [0.29, 0.717) is 17.9 Å². The van der Waals surface area contributed by atoms with Crippen LogP contribution in [0, 0.1) is 28.1 Å². The second kappa shape index (κ2) is 3.84. The Morgan fingerprint density at radius 1 is 1.53 bits per heavy atom. The largest absolute Gasteiger partial charge is 0.354 e. The Morgan fingerprint density at radius 3 is 2.40 bits per heavy atom. The molecule has 0 atom stereocenters. The molecule has 1 N–H and O–H groups in total. The minimum Gasteiger partial charge on any atom is -0.354 e. The maximum atomic E-state index is 11.7. The molecule has 0 bridgehead atoms. The van der Waals surface area contributed by atoms with Gasteiger partial charge in [0.05, 0.1) is 6.07 Å². The number of amides is 1. The van der Waals surface area contributed by atoms with Crippen LogP contribution in [0.5, 0.6) is 0 Å². The summed E-state index contributed by atoms with van der Waals surface area (Å²) in [6.45, 7) is 8.40. The molecule has 15 heavy (non-hydrogen) atoms. The average Bonchev–Trinajstić information content (AvgIpc) is 2.95. The molecule has 0 unspecified atom stereocenters. The van der Waals surface area contributed by atoms with Gasteiger partial charge in [0.1, 0.15) is 5.41 Å². The quantitative estimate of drug-likeness (QED) is 0.769. The van der Waals surface area contributed by atoms with Gasteiger partial charge in [-0.05, 0) is 38.0 Å². The third-order valence-corrected chi connectivity index (χ3v) is 3.57. The zero-order valence-corrected chi connectivity index (χ0v) is 10.1. The number of nitriles is 1. The van der Waals surface area contributed by atoms with E-state index in [9.17, 15) is 4.79 Å². The Morgan fingerprint density at radius 2 is 2.07 bits per heavy atom. The van der Waals surface area contributed by atoms with Crippen LogP contribution in [0.1, 0.15) is 40.5 Å². The monoisotopic (exact) mass is 208 g/mol. The molecule has 0 heterocycles. The zero-order chi connectivity index (χ0) is 11.7. The van der Waals surface area contributed by atoms with Gasteiger partial charge >= 0.3 is 0 Å². The summed E-state index contributed by atoms with van der Waals surface area (Å²) in [5.74, 6) is 0.444. The predicted molar refractivity (Wildman–Crippen MR) is 58.9 cm³/mol. The van der Waals surface area contributed by atoms with E-state index in [1.807, 2.05) is 6.07 Å². The summed E-state index contributed by atoms with van der Waals surface area (Å²) in [6.07, 6.45) is 2.38. The Kier molecular flexibility index (Phi) is 3.08. The standard InChI is InChI=1S/C12H20N2O/c1-9(2)12(5-6-12)8-14-10(15)11(3,4)7-13/h9H,5-6,8H2,1-4H3,(H,14,15). The van der Waals surface area contributed by atoms with Gasteiger partial charge in [-0.1, -0.05) is 13.8 Å². The summed E-state index contributed by atoms with van der Waals surface area (Å²) in [7, 11) is 0. The number of carbonyl (C=O) groups excluding carboxylic acids is 1.